The van der Waals surface area contributed by atoms with Crippen molar-refractivity contribution in [2.75, 3.05) is 0 Å². The van der Waals surface area contributed by atoms with Gasteiger partial charge in [0.2, 0.25) is 0 Å². The van der Waals surface area contributed by atoms with Gasteiger partial charge in [0.05, 0.1) is 5.60 Å². The van der Waals surface area contributed by atoms with Crippen LogP contribution in [-0.2, 0) is 19.1 Å². The van der Waals surface area contributed by atoms with Crippen molar-refractivity contribution in [3.8, 4) is 0 Å². The van der Waals surface area contributed by atoms with Gasteiger partial charge < -0.3 is 9.67 Å². The van der Waals surface area contributed by atoms with Crippen LogP contribution in [-0.4, -0.2) is 14.7 Å². The number of benzene rings is 1. The van der Waals surface area contributed by atoms with Gasteiger partial charge in [0.1, 0.15) is 11.6 Å². The van der Waals surface area contributed by atoms with E-state index in [9.17, 15) is 9.50 Å². The molecular weight excluding hydrogens is 219 g/mol. The molecule has 17 heavy (non-hydrogen) atoms. The van der Waals surface area contributed by atoms with Crippen LogP contribution in [0.1, 0.15) is 18.3 Å². The van der Waals surface area contributed by atoms with Crippen molar-refractivity contribution in [3.63, 3.8) is 0 Å². The van der Waals surface area contributed by atoms with Gasteiger partial charge in [0, 0.05) is 31.4 Å². The zero-order valence-electron chi connectivity index (χ0n) is 9.89. The Kier molecular flexibility index (Phi) is 2.98. The van der Waals surface area contributed by atoms with Gasteiger partial charge in [0.25, 0.3) is 0 Å². The fraction of sp³-hybridized carbons (Fsp3) is 0.308. The van der Waals surface area contributed by atoms with Crippen molar-refractivity contribution in [2.24, 2.45) is 7.05 Å². The van der Waals surface area contributed by atoms with E-state index in [1.54, 1.807) is 37.5 Å². The van der Waals surface area contributed by atoms with Crippen LogP contribution < -0.4 is 0 Å². The number of aromatic nitrogens is 2. The number of rotatable bonds is 3. The van der Waals surface area contributed by atoms with Crippen molar-refractivity contribution >= 4 is 0 Å². The summed E-state index contributed by atoms with van der Waals surface area (Å²) in [6.45, 7) is 1.60. The monoisotopic (exact) mass is 234 g/mol. The summed E-state index contributed by atoms with van der Waals surface area (Å²) in [5.41, 5.74) is -0.965. The average Bonchev–Trinajstić information content (AvgIpc) is 2.64. The van der Waals surface area contributed by atoms with E-state index >= 15 is 0 Å². The van der Waals surface area contributed by atoms with Gasteiger partial charge in [-0.2, -0.15) is 0 Å². The fourth-order valence-corrected chi connectivity index (χ4v) is 1.87. The second kappa shape index (κ2) is 4.30. The molecule has 1 heterocycles. The molecule has 1 atom stereocenters. The molecule has 4 heteroatoms. The van der Waals surface area contributed by atoms with Crippen molar-refractivity contribution in [1.29, 1.82) is 0 Å². The zero-order valence-corrected chi connectivity index (χ0v) is 9.89. The lowest BCUT2D eigenvalue weighted by Gasteiger charge is -2.23. The summed E-state index contributed by atoms with van der Waals surface area (Å²) in [4.78, 5) is 4.14. The molecule has 1 aromatic carbocycles. The molecule has 90 valence electrons. The highest BCUT2D eigenvalue weighted by molar-refractivity contribution is 5.24. The maximum atomic E-state index is 13.6. The number of aliphatic hydroxyl groups is 1. The van der Waals surface area contributed by atoms with Crippen LogP contribution in [0.5, 0.6) is 0 Å². The van der Waals surface area contributed by atoms with Crippen LogP contribution in [0.15, 0.2) is 36.7 Å². The van der Waals surface area contributed by atoms with Gasteiger partial charge in [-0.1, -0.05) is 18.2 Å². The molecular formula is C13H15FN2O. The Morgan fingerprint density at radius 1 is 1.41 bits per heavy atom. The van der Waals surface area contributed by atoms with Gasteiger partial charge in [0.15, 0.2) is 0 Å². The molecule has 3 nitrogen and oxygen atoms in total. The summed E-state index contributed by atoms with van der Waals surface area (Å²) in [5, 5.41) is 10.4. The highest BCUT2D eigenvalue weighted by atomic mass is 19.1. The van der Waals surface area contributed by atoms with Crippen LogP contribution in [0.3, 0.4) is 0 Å². The Balaban J connectivity index is 2.31. The van der Waals surface area contributed by atoms with E-state index in [1.807, 2.05) is 11.6 Å². The van der Waals surface area contributed by atoms with Crippen LogP contribution in [0, 0.1) is 5.82 Å². The molecule has 0 radical (unpaired) electrons. The van der Waals surface area contributed by atoms with E-state index < -0.39 is 11.4 Å². The predicted molar refractivity (Wildman–Crippen MR) is 62.9 cm³/mol. The second-order valence-corrected chi connectivity index (χ2v) is 4.38. The SMILES string of the molecule is Cn1ccnc1CC(C)(O)c1ccccc1F. The molecule has 0 spiro atoms. The molecule has 1 aromatic heterocycles. The van der Waals surface area contributed by atoms with Gasteiger partial charge >= 0.3 is 0 Å². The summed E-state index contributed by atoms with van der Waals surface area (Å²) >= 11 is 0. The molecule has 1 unspecified atom stereocenters. The quantitative estimate of drug-likeness (QED) is 0.882. The van der Waals surface area contributed by atoms with E-state index in [1.165, 1.54) is 6.07 Å². The first-order valence-electron chi connectivity index (χ1n) is 5.44. The van der Waals surface area contributed by atoms with Gasteiger partial charge in [-0.15, -0.1) is 0 Å². The standard InChI is InChI=1S/C13H15FN2O/c1-13(17,9-12-15-7-8-16(12)2)10-5-3-4-6-11(10)14/h3-8,17H,9H2,1-2H3. The van der Waals surface area contributed by atoms with Crippen molar-refractivity contribution in [2.45, 2.75) is 18.9 Å². The third kappa shape index (κ3) is 2.36. The molecule has 2 aromatic rings. The number of halogens is 1. The first-order valence-corrected chi connectivity index (χ1v) is 5.44. The van der Waals surface area contributed by atoms with Crippen molar-refractivity contribution < 1.29 is 9.50 Å². The van der Waals surface area contributed by atoms with Crippen LogP contribution in [0.2, 0.25) is 0 Å². The lowest BCUT2D eigenvalue weighted by molar-refractivity contribution is 0.0510. The minimum atomic E-state index is -1.26. The first kappa shape index (κ1) is 11.8. The smallest absolute Gasteiger partial charge is 0.129 e. The summed E-state index contributed by atoms with van der Waals surface area (Å²) in [7, 11) is 1.85. The Morgan fingerprint density at radius 2 is 2.12 bits per heavy atom. The zero-order chi connectivity index (χ0) is 12.5. The molecule has 0 aliphatic carbocycles. The highest BCUT2D eigenvalue weighted by Gasteiger charge is 2.28. The normalized spacial score (nSPS) is 14.6. The summed E-state index contributed by atoms with van der Waals surface area (Å²) in [6, 6.07) is 6.27. The lowest BCUT2D eigenvalue weighted by Crippen LogP contribution is -2.27. The molecule has 0 bridgehead atoms. The Bertz CT molecular complexity index is 520. The second-order valence-electron chi connectivity index (χ2n) is 4.38. The number of hydrogen-bond acceptors (Lipinski definition) is 2. The molecule has 0 aliphatic heterocycles. The minimum Gasteiger partial charge on any atom is -0.385 e. The van der Waals surface area contributed by atoms with Gasteiger partial charge in [-0.25, -0.2) is 9.37 Å². The average molecular weight is 234 g/mol. The topological polar surface area (TPSA) is 38.0 Å². The van der Waals surface area contributed by atoms with Crippen molar-refractivity contribution in [1.82, 2.24) is 9.55 Å². The van der Waals surface area contributed by atoms with Gasteiger partial charge in [-0.05, 0) is 13.0 Å². The molecule has 0 fully saturated rings. The lowest BCUT2D eigenvalue weighted by atomic mass is 9.92. The first-order chi connectivity index (χ1) is 8.00. The van der Waals surface area contributed by atoms with Crippen LogP contribution in [0.25, 0.3) is 0 Å². The number of aryl methyl sites for hydroxylation is 1. The Morgan fingerprint density at radius 3 is 2.71 bits per heavy atom. The third-order valence-corrected chi connectivity index (χ3v) is 2.88. The molecule has 1 N–H and O–H groups in total. The highest BCUT2D eigenvalue weighted by Crippen LogP contribution is 2.26. The van der Waals surface area contributed by atoms with E-state index in [0.29, 0.717) is 5.56 Å². The molecule has 0 amide bonds. The maximum absolute atomic E-state index is 13.6. The minimum absolute atomic E-state index is 0.275. The molecule has 0 aliphatic rings. The summed E-state index contributed by atoms with van der Waals surface area (Å²) in [6.07, 6.45) is 3.73. The molecule has 2 rings (SSSR count). The fourth-order valence-electron chi connectivity index (χ4n) is 1.87. The number of hydrogen-bond donors (Lipinski definition) is 1. The number of nitrogens with zero attached hydrogens (tertiary/aromatic N) is 2. The van der Waals surface area contributed by atoms with E-state index in [0.717, 1.165) is 5.82 Å². The predicted octanol–water partition coefficient (Wildman–Crippen LogP) is 2.01. The summed E-state index contributed by atoms with van der Waals surface area (Å²) in [5.74, 6) is 0.324. The maximum Gasteiger partial charge on any atom is 0.129 e. The molecule has 0 saturated heterocycles. The largest absolute Gasteiger partial charge is 0.385 e. The van der Waals surface area contributed by atoms with E-state index in [-0.39, 0.29) is 6.42 Å². The number of imidazole rings is 1. The van der Waals surface area contributed by atoms with Gasteiger partial charge in [-0.3, -0.25) is 0 Å². The van der Waals surface area contributed by atoms with Crippen molar-refractivity contribution in [3.05, 3.63) is 53.9 Å². The Hall–Kier alpha value is -1.68. The van der Waals surface area contributed by atoms with E-state index in [2.05, 4.69) is 4.98 Å². The van der Waals surface area contributed by atoms with E-state index in [4.69, 9.17) is 0 Å². The molecule has 0 saturated carbocycles. The van der Waals surface area contributed by atoms with Crippen LogP contribution in [0.4, 0.5) is 4.39 Å². The Labute approximate surface area is 99.5 Å². The van der Waals surface area contributed by atoms with Crippen LogP contribution >= 0.6 is 0 Å². The third-order valence-electron chi connectivity index (χ3n) is 2.88. The summed E-state index contributed by atoms with van der Waals surface area (Å²) < 4.78 is 15.4.